The fraction of sp³-hybridized carbons (Fsp3) is 0.333. The van der Waals surface area contributed by atoms with Gasteiger partial charge in [0.25, 0.3) is 0 Å². The third kappa shape index (κ3) is 2.49. The van der Waals surface area contributed by atoms with Gasteiger partial charge in [0.2, 0.25) is 0 Å². The highest BCUT2D eigenvalue weighted by Gasteiger charge is 2.42. The molecule has 1 saturated heterocycles. The molecule has 1 heterocycles. The SMILES string of the molecule is O=C(O[C@@H]1CO[C@@H](C(=O)O)[C@@H]1O)c1ccccc1. The zero-order valence-electron chi connectivity index (χ0n) is 9.35. The summed E-state index contributed by atoms with van der Waals surface area (Å²) in [6.07, 6.45) is -3.66. The Bertz CT molecular complexity index is 443. The number of benzene rings is 1. The molecule has 0 aliphatic carbocycles. The molecule has 6 heteroatoms. The number of carboxylic acid groups (broad SMARTS) is 1. The van der Waals surface area contributed by atoms with Gasteiger partial charge >= 0.3 is 11.9 Å². The minimum Gasteiger partial charge on any atom is -0.479 e. The first kappa shape index (κ1) is 12.5. The maximum absolute atomic E-state index is 11.7. The molecule has 0 bridgehead atoms. The zero-order valence-corrected chi connectivity index (χ0v) is 9.35. The number of esters is 1. The average molecular weight is 252 g/mol. The van der Waals surface area contributed by atoms with E-state index in [4.69, 9.17) is 14.6 Å². The number of aliphatic hydroxyl groups is 1. The molecule has 1 fully saturated rings. The van der Waals surface area contributed by atoms with Gasteiger partial charge in [0.15, 0.2) is 12.2 Å². The maximum atomic E-state index is 11.7. The van der Waals surface area contributed by atoms with Gasteiger partial charge in [-0.25, -0.2) is 9.59 Å². The van der Waals surface area contributed by atoms with E-state index in [0.717, 1.165) is 0 Å². The first-order chi connectivity index (χ1) is 8.59. The Hall–Kier alpha value is -1.92. The smallest absolute Gasteiger partial charge is 0.338 e. The molecule has 6 nitrogen and oxygen atoms in total. The van der Waals surface area contributed by atoms with Crippen molar-refractivity contribution < 1.29 is 29.3 Å². The van der Waals surface area contributed by atoms with Crippen molar-refractivity contribution in [3.63, 3.8) is 0 Å². The number of hydrogen-bond donors (Lipinski definition) is 2. The second-order valence-corrected chi connectivity index (χ2v) is 3.89. The van der Waals surface area contributed by atoms with Gasteiger partial charge in [-0.2, -0.15) is 0 Å². The van der Waals surface area contributed by atoms with Crippen LogP contribution < -0.4 is 0 Å². The molecule has 0 spiro atoms. The molecular weight excluding hydrogens is 240 g/mol. The van der Waals surface area contributed by atoms with Crippen molar-refractivity contribution in [1.29, 1.82) is 0 Å². The average Bonchev–Trinajstić information content (AvgIpc) is 2.72. The van der Waals surface area contributed by atoms with Crippen LogP contribution in [0.4, 0.5) is 0 Å². The Morgan fingerprint density at radius 1 is 1.28 bits per heavy atom. The van der Waals surface area contributed by atoms with Gasteiger partial charge in [-0.3, -0.25) is 0 Å². The van der Waals surface area contributed by atoms with Crippen molar-refractivity contribution in [3.05, 3.63) is 35.9 Å². The van der Waals surface area contributed by atoms with Gasteiger partial charge in [-0.15, -0.1) is 0 Å². The van der Waals surface area contributed by atoms with Crippen LogP contribution in [0, 0.1) is 0 Å². The molecule has 1 aliphatic heterocycles. The summed E-state index contributed by atoms with van der Waals surface area (Å²) < 4.78 is 9.86. The van der Waals surface area contributed by atoms with Crippen LogP contribution in [0.25, 0.3) is 0 Å². The topological polar surface area (TPSA) is 93.1 Å². The Morgan fingerprint density at radius 3 is 2.50 bits per heavy atom. The van der Waals surface area contributed by atoms with E-state index >= 15 is 0 Å². The van der Waals surface area contributed by atoms with Crippen molar-refractivity contribution in [1.82, 2.24) is 0 Å². The highest BCUT2D eigenvalue weighted by Crippen LogP contribution is 2.19. The van der Waals surface area contributed by atoms with Crippen molar-refractivity contribution in [2.45, 2.75) is 18.3 Å². The molecule has 2 N–H and O–H groups in total. The van der Waals surface area contributed by atoms with Gasteiger partial charge in [-0.05, 0) is 12.1 Å². The molecule has 2 rings (SSSR count). The number of rotatable bonds is 3. The predicted octanol–water partition coefficient (Wildman–Crippen LogP) is 0.0563. The number of ether oxygens (including phenoxy) is 2. The van der Waals surface area contributed by atoms with Crippen molar-refractivity contribution in [2.75, 3.05) is 6.61 Å². The lowest BCUT2D eigenvalue weighted by molar-refractivity contribution is -0.151. The quantitative estimate of drug-likeness (QED) is 0.739. The van der Waals surface area contributed by atoms with Gasteiger partial charge in [0.1, 0.15) is 6.10 Å². The van der Waals surface area contributed by atoms with E-state index in [-0.39, 0.29) is 6.61 Å². The largest absolute Gasteiger partial charge is 0.479 e. The Balaban J connectivity index is 1.99. The van der Waals surface area contributed by atoms with Crippen molar-refractivity contribution in [2.24, 2.45) is 0 Å². The summed E-state index contributed by atoms with van der Waals surface area (Å²) in [5, 5.41) is 18.4. The van der Waals surface area contributed by atoms with Crippen molar-refractivity contribution in [3.8, 4) is 0 Å². The molecule has 96 valence electrons. The molecular formula is C12H12O6. The van der Waals surface area contributed by atoms with Gasteiger partial charge in [-0.1, -0.05) is 18.2 Å². The van der Waals surface area contributed by atoms with Gasteiger partial charge < -0.3 is 19.7 Å². The van der Waals surface area contributed by atoms with Crippen LogP contribution in [0.2, 0.25) is 0 Å². The minimum absolute atomic E-state index is 0.128. The molecule has 0 saturated carbocycles. The lowest BCUT2D eigenvalue weighted by Crippen LogP contribution is -2.37. The molecule has 0 aromatic heterocycles. The highest BCUT2D eigenvalue weighted by molar-refractivity contribution is 5.89. The summed E-state index contributed by atoms with van der Waals surface area (Å²) in [5.74, 6) is -1.89. The lowest BCUT2D eigenvalue weighted by Gasteiger charge is -2.15. The van der Waals surface area contributed by atoms with E-state index in [1.165, 1.54) is 0 Å². The van der Waals surface area contributed by atoms with Crippen LogP contribution in [0.15, 0.2) is 30.3 Å². The summed E-state index contributed by atoms with van der Waals surface area (Å²) in [7, 11) is 0. The summed E-state index contributed by atoms with van der Waals surface area (Å²) in [6.45, 7) is -0.128. The zero-order chi connectivity index (χ0) is 13.1. The molecule has 1 aliphatic rings. The number of aliphatic carboxylic acids is 1. The van der Waals surface area contributed by atoms with Crippen LogP contribution in [0.5, 0.6) is 0 Å². The number of carbonyl (C=O) groups is 2. The Labute approximate surface area is 103 Å². The van der Waals surface area contributed by atoms with Crippen molar-refractivity contribution >= 4 is 11.9 Å². The highest BCUT2D eigenvalue weighted by atomic mass is 16.6. The van der Waals surface area contributed by atoms with Crippen LogP contribution in [0.3, 0.4) is 0 Å². The maximum Gasteiger partial charge on any atom is 0.338 e. The fourth-order valence-electron chi connectivity index (χ4n) is 1.69. The van der Waals surface area contributed by atoms with E-state index in [1.807, 2.05) is 0 Å². The standard InChI is InChI=1S/C12H12O6/c13-9-8(6-17-10(9)11(14)15)18-12(16)7-4-2-1-3-5-7/h1-5,8-10,13H,6H2,(H,14,15)/t8-,9-,10-/m1/s1. The molecule has 3 atom stereocenters. The van der Waals surface area contributed by atoms with Gasteiger partial charge in [0.05, 0.1) is 12.2 Å². The summed E-state index contributed by atoms with van der Waals surface area (Å²) in [6, 6.07) is 8.25. The number of carbonyl (C=O) groups excluding carboxylic acids is 1. The van der Waals surface area contributed by atoms with E-state index in [1.54, 1.807) is 30.3 Å². The fourth-order valence-corrected chi connectivity index (χ4v) is 1.69. The predicted molar refractivity (Wildman–Crippen MR) is 59.0 cm³/mol. The molecule has 0 unspecified atom stereocenters. The Kier molecular flexibility index (Phi) is 3.59. The van der Waals surface area contributed by atoms with Crippen LogP contribution in [0.1, 0.15) is 10.4 Å². The monoisotopic (exact) mass is 252 g/mol. The summed E-state index contributed by atoms with van der Waals surface area (Å²) in [5.41, 5.74) is 0.337. The second-order valence-electron chi connectivity index (χ2n) is 3.89. The lowest BCUT2D eigenvalue weighted by atomic mass is 10.1. The molecule has 1 aromatic rings. The number of aliphatic hydroxyl groups excluding tert-OH is 1. The van der Waals surface area contributed by atoms with E-state index in [0.29, 0.717) is 5.56 Å². The normalized spacial score (nSPS) is 26.8. The third-order valence-corrected chi connectivity index (χ3v) is 2.64. The molecule has 0 amide bonds. The summed E-state index contributed by atoms with van der Waals surface area (Å²) >= 11 is 0. The number of hydrogen-bond acceptors (Lipinski definition) is 5. The van der Waals surface area contributed by atoms with Crippen LogP contribution in [-0.4, -0.2) is 47.1 Å². The van der Waals surface area contributed by atoms with E-state index < -0.39 is 30.3 Å². The summed E-state index contributed by atoms with van der Waals surface area (Å²) in [4.78, 5) is 22.4. The third-order valence-electron chi connectivity index (χ3n) is 2.64. The minimum atomic E-state index is -1.35. The van der Waals surface area contributed by atoms with Gasteiger partial charge in [0, 0.05) is 0 Å². The first-order valence-corrected chi connectivity index (χ1v) is 5.38. The van der Waals surface area contributed by atoms with Crippen LogP contribution >= 0.6 is 0 Å². The second kappa shape index (κ2) is 5.16. The molecule has 18 heavy (non-hydrogen) atoms. The Morgan fingerprint density at radius 2 is 1.94 bits per heavy atom. The van der Waals surface area contributed by atoms with Crippen LogP contribution in [-0.2, 0) is 14.3 Å². The molecule has 1 aromatic carbocycles. The number of carboxylic acids is 1. The first-order valence-electron chi connectivity index (χ1n) is 5.38. The van der Waals surface area contributed by atoms with E-state index in [9.17, 15) is 14.7 Å². The van der Waals surface area contributed by atoms with E-state index in [2.05, 4.69) is 0 Å². The molecule has 0 radical (unpaired) electrons.